The Kier molecular flexibility index (Phi) is 4.71. The molecule has 116 valence electrons. The minimum atomic E-state index is -3.37. The zero-order valence-corrected chi connectivity index (χ0v) is 13.4. The second-order valence-corrected chi connectivity index (χ2v) is 7.86. The molecule has 0 spiro atoms. The number of hydrogen-bond acceptors (Lipinski definition) is 4. The third kappa shape index (κ3) is 3.28. The van der Waals surface area contributed by atoms with Crippen LogP contribution < -0.4 is 0 Å². The van der Waals surface area contributed by atoms with Gasteiger partial charge < -0.3 is 4.74 Å². The molecule has 1 aliphatic carbocycles. The highest BCUT2D eigenvalue weighted by Crippen LogP contribution is 2.45. The molecule has 1 saturated carbocycles. The van der Waals surface area contributed by atoms with Gasteiger partial charge in [0.25, 0.3) is 0 Å². The smallest absolute Gasteiger partial charge is 0.312 e. The lowest BCUT2D eigenvalue weighted by molar-refractivity contribution is -0.156. The summed E-state index contributed by atoms with van der Waals surface area (Å²) < 4.78 is 30.2. The van der Waals surface area contributed by atoms with Crippen LogP contribution in [-0.2, 0) is 19.4 Å². The topological polar surface area (TPSA) is 60.4 Å². The Balaban J connectivity index is 2.20. The van der Waals surface area contributed by atoms with Crippen LogP contribution in [0.4, 0.5) is 0 Å². The van der Waals surface area contributed by atoms with E-state index in [1.165, 1.54) is 0 Å². The van der Waals surface area contributed by atoms with Gasteiger partial charge in [-0.05, 0) is 44.7 Å². The fourth-order valence-corrected chi connectivity index (χ4v) is 4.89. The van der Waals surface area contributed by atoms with Crippen LogP contribution in [-0.4, -0.2) is 26.7 Å². The second kappa shape index (κ2) is 6.18. The van der Waals surface area contributed by atoms with Crippen molar-refractivity contribution in [3.8, 4) is 0 Å². The van der Waals surface area contributed by atoms with E-state index in [1.807, 2.05) is 6.92 Å². The Bertz CT molecular complexity index is 594. The molecule has 0 aliphatic heterocycles. The van der Waals surface area contributed by atoms with E-state index < -0.39 is 15.3 Å². The molecule has 0 amide bonds. The molecule has 1 aromatic carbocycles. The summed E-state index contributed by atoms with van der Waals surface area (Å²) in [6, 6.07) is 8.42. The number of ether oxygens (including phenoxy) is 1. The van der Waals surface area contributed by atoms with Gasteiger partial charge in [0.1, 0.15) is 0 Å². The van der Waals surface area contributed by atoms with E-state index in [0.717, 1.165) is 12.8 Å². The highest BCUT2D eigenvalue weighted by Gasteiger charge is 2.47. The van der Waals surface area contributed by atoms with E-state index in [0.29, 0.717) is 17.9 Å². The monoisotopic (exact) mass is 310 g/mol. The van der Waals surface area contributed by atoms with E-state index in [1.54, 1.807) is 37.3 Å². The third-order valence-corrected chi connectivity index (χ3v) is 6.25. The summed E-state index contributed by atoms with van der Waals surface area (Å²) in [5, 5.41) is 0. The fourth-order valence-electron chi connectivity index (χ4n) is 3.06. The van der Waals surface area contributed by atoms with Crippen LogP contribution >= 0.6 is 0 Å². The van der Waals surface area contributed by atoms with Crippen molar-refractivity contribution in [1.82, 2.24) is 0 Å². The number of carbonyl (C=O) groups is 1. The zero-order valence-electron chi connectivity index (χ0n) is 12.5. The molecule has 1 fully saturated rings. The van der Waals surface area contributed by atoms with E-state index >= 15 is 0 Å². The van der Waals surface area contributed by atoms with Gasteiger partial charge in [0, 0.05) is 0 Å². The minimum Gasteiger partial charge on any atom is -0.466 e. The Morgan fingerprint density at radius 3 is 2.62 bits per heavy atom. The van der Waals surface area contributed by atoms with Gasteiger partial charge in [-0.2, -0.15) is 0 Å². The molecule has 2 rings (SSSR count). The first-order valence-corrected chi connectivity index (χ1v) is 9.00. The molecular formula is C16H22O4S. The molecule has 2 unspecified atom stereocenters. The lowest BCUT2D eigenvalue weighted by atomic mass is 9.81. The summed E-state index contributed by atoms with van der Waals surface area (Å²) in [6.45, 7) is 3.93. The number of sulfone groups is 1. The Morgan fingerprint density at radius 2 is 2.00 bits per heavy atom. The van der Waals surface area contributed by atoms with Crippen molar-refractivity contribution in [3.05, 3.63) is 30.3 Å². The van der Waals surface area contributed by atoms with Gasteiger partial charge in [0.05, 0.1) is 22.7 Å². The van der Waals surface area contributed by atoms with Crippen LogP contribution in [0.1, 0.15) is 33.1 Å². The highest BCUT2D eigenvalue weighted by molar-refractivity contribution is 7.91. The molecule has 0 radical (unpaired) electrons. The van der Waals surface area contributed by atoms with E-state index in [-0.39, 0.29) is 17.6 Å². The van der Waals surface area contributed by atoms with Gasteiger partial charge in [0.2, 0.25) is 0 Å². The maximum absolute atomic E-state index is 12.5. The Hall–Kier alpha value is -1.36. The number of hydrogen-bond donors (Lipinski definition) is 0. The van der Waals surface area contributed by atoms with Crippen LogP contribution in [0.25, 0.3) is 0 Å². The quantitative estimate of drug-likeness (QED) is 0.785. The van der Waals surface area contributed by atoms with Crippen molar-refractivity contribution >= 4 is 15.8 Å². The third-order valence-electron chi connectivity index (χ3n) is 4.41. The summed E-state index contributed by atoms with van der Waals surface area (Å²) in [6.07, 6.45) is 2.31. The van der Waals surface area contributed by atoms with Gasteiger partial charge in [-0.25, -0.2) is 8.42 Å². The largest absolute Gasteiger partial charge is 0.466 e. The molecular weight excluding hydrogens is 288 g/mol. The predicted molar refractivity (Wildman–Crippen MR) is 80.6 cm³/mol. The van der Waals surface area contributed by atoms with Crippen LogP contribution in [0.3, 0.4) is 0 Å². The number of benzene rings is 1. The molecule has 0 N–H and O–H groups in total. The van der Waals surface area contributed by atoms with Crippen molar-refractivity contribution in [3.63, 3.8) is 0 Å². The van der Waals surface area contributed by atoms with E-state index in [2.05, 4.69) is 0 Å². The van der Waals surface area contributed by atoms with Gasteiger partial charge in [-0.1, -0.05) is 24.6 Å². The molecule has 0 bridgehead atoms. The van der Waals surface area contributed by atoms with E-state index in [4.69, 9.17) is 4.74 Å². The summed E-state index contributed by atoms with van der Waals surface area (Å²) in [7, 11) is -3.37. The first-order valence-electron chi connectivity index (χ1n) is 7.35. The van der Waals surface area contributed by atoms with Crippen LogP contribution in [0.15, 0.2) is 35.2 Å². The summed E-state index contributed by atoms with van der Waals surface area (Å²) in [4.78, 5) is 12.5. The normalized spacial score (nSPS) is 25.7. The van der Waals surface area contributed by atoms with Crippen molar-refractivity contribution < 1.29 is 17.9 Å². The lowest BCUT2D eigenvalue weighted by Crippen LogP contribution is -2.37. The van der Waals surface area contributed by atoms with Crippen molar-refractivity contribution in [1.29, 1.82) is 0 Å². The SMILES string of the molecule is CCOC(=O)C1(C)CCCC1CS(=O)(=O)c1ccccc1. The molecule has 4 nitrogen and oxygen atoms in total. The highest BCUT2D eigenvalue weighted by atomic mass is 32.2. The summed E-state index contributed by atoms with van der Waals surface area (Å²) in [5.74, 6) is -0.440. The van der Waals surface area contributed by atoms with Gasteiger partial charge >= 0.3 is 5.97 Å². The van der Waals surface area contributed by atoms with Crippen molar-refractivity contribution in [2.24, 2.45) is 11.3 Å². The van der Waals surface area contributed by atoms with Crippen LogP contribution in [0, 0.1) is 11.3 Å². The summed E-state index contributed by atoms with van der Waals surface area (Å²) >= 11 is 0. The lowest BCUT2D eigenvalue weighted by Gasteiger charge is -2.28. The predicted octanol–water partition coefficient (Wildman–Crippen LogP) is 2.83. The maximum Gasteiger partial charge on any atom is 0.312 e. The van der Waals surface area contributed by atoms with Gasteiger partial charge in [0.15, 0.2) is 9.84 Å². The average Bonchev–Trinajstić information content (AvgIpc) is 2.82. The fraction of sp³-hybridized carbons (Fsp3) is 0.562. The van der Waals surface area contributed by atoms with Crippen LogP contribution in [0.2, 0.25) is 0 Å². The number of esters is 1. The van der Waals surface area contributed by atoms with Crippen LogP contribution in [0.5, 0.6) is 0 Å². The van der Waals surface area contributed by atoms with Crippen molar-refractivity contribution in [2.45, 2.75) is 38.0 Å². The zero-order chi connectivity index (χ0) is 15.5. The summed E-state index contributed by atoms with van der Waals surface area (Å²) in [5.41, 5.74) is -0.683. The standard InChI is InChI=1S/C16H22O4S/c1-3-20-15(17)16(2)11-7-8-13(16)12-21(18,19)14-9-5-4-6-10-14/h4-6,9-10,13H,3,7-8,11-12H2,1-2H3. The second-order valence-electron chi connectivity index (χ2n) is 5.82. The number of carbonyl (C=O) groups excluding carboxylic acids is 1. The molecule has 2 atom stereocenters. The molecule has 1 aromatic rings. The van der Waals surface area contributed by atoms with Gasteiger partial charge in [-0.3, -0.25) is 4.79 Å². The minimum absolute atomic E-state index is 0.00628. The molecule has 21 heavy (non-hydrogen) atoms. The molecule has 5 heteroatoms. The molecule has 0 saturated heterocycles. The molecule has 1 aliphatic rings. The van der Waals surface area contributed by atoms with E-state index in [9.17, 15) is 13.2 Å². The Labute approximate surface area is 126 Å². The molecule has 0 aromatic heterocycles. The maximum atomic E-state index is 12.5. The van der Waals surface area contributed by atoms with Crippen molar-refractivity contribution in [2.75, 3.05) is 12.4 Å². The van der Waals surface area contributed by atoms with Gasteiger partial charge in [-0.15, -0.1) is 0 Å². The number of rotatable bonds is 5. The Morgan fingerprint density at radius 1 is 1.33 bits per heavy atom. The average molecular weight is 310 g/mol. The first kappa shape index (κ1) is 16.0. The first-order chi connectivity index (χ1) is 9.90. The molecule has 0 heterocycles.